The third-order valence-corrected chi connectivity index (χ3v) is 2.93. The van der Waals surface area contributed by atoms with E-state index in [4.69, 9.17) is 15.7 Å². The SMILES string of the molecule is CC(C)OCCCCNCCC(C)(C)C(N)=NO. The Morgan fingerprint density at radius 2 is 2.00 bits per heavy atom. The van der Waals surface area contributed by atoms with E-state index in [0.29, 0.717) is 6.10 Å². The van der Waals surface area contributed by atoms with Crippen molar-refractivity contribution in [2.75, 3.05) is 19.7 Å². The number of unbranched alkanes of at least 4 members (excludes halogenated alkanes) is 1. The molecule has 0 aromatic rings. The topological polar surface area (TPSA) is 79.9 Å². The molecule has 5 heteroatoms. The number of oxime groups is 1. The summed E-state index contributed by atoms with van der Waals surface area (Å²) in [5.41, 5.74) is 5.35. The van der Waals surface area contributed by atoms with Gasteiger partial charge in [-0.3, -0.25) is 0 Å². The standard InChI is InChI=1S/C13H29N3O2/c1-11(2)18-10-6-5-8-15-9-7-13(3,4)12(14)16-17/h11,15,17H,5-10H2,1-4H3,(H2,14,16). The first-order chi connectivity index (χ1) is 8.40. The molecule has 0 saturated carbocycles. The molecule has 0 amide bonds. The summed E-state index contributed by atoms with van der Waals surface area (Å²) in [5, 5.41) is 15.1. The molecular weight excluding hydrogens is 230 g/mol. The predicted molar refractivity (Wildman–Crippen MR) is 75.0 cm³/mol. The zero-order valence-corrected chi connectivity index (χ0v) is 12.2. The fraction of sp³-hybridized carbons (Fsp3) is 0.923. The van der Waals surface area contributed by atoms with Crippen molar-refractivity contribution in [1.29, 1.82) is 0 Å². The van der Waals surface area contributed by atoms with Gasteiger partial charge in [0.25, 0.3) is 0 Å². The second kappa shape index (κ2) is 9.16. The number of rotatable bonds is 10. The smallest absolute Gasteiger partial charge is 0.144 e. The summed E-state index contributed by atoms with van der Waals surface area (Å²) in [4.78, 5) is 0. The highest BCUT2D eigenvalue weighted by Gasteiger charge is 2.22. The molecular formula is C13H29N3O2. The van der Waals surface area contributed by atoms with Gasteiger partial charge in [-0.05, 0) is 46.2 Å². The van der Waals surface area contributed by atoms with Gasteiger partial charge in [0.2, 0.25) is 0 Å². The van der Waals surface area contributed by atoms with Crippen molar-refractivity contribution in [1.82, 2.24) is 5.32 Å². The van der Waals surface area contributed by atoms with Crippen molar-refractivity contribution in [3.8, 4) is 0 Å². The van der Waals surface area contributed by atoms with Crippen molar-refractivity contribution in [2.45, 2.75) is 53.1 Å². The molecule has 0 aliphatic carbocycles. The molecule has 0 aromatic heterocycles. The van der Waals surface area contributed by atoms with E-state index in [1.807, 2.05) is 27.7 Å². The van der Waals surface area contributed by atoms with E-state index in [9.17, 15) is 0 Å². The summed E-state index contributed by atoms with van der Waals surface area (Å²) < 4.78 is 5.46. The average molecular weight is 259 g/mol. The van der Waals surface area contributed by atoms with Crippen LogP contribution in [0.1, 0.15) is 47.0 Å². The Morgan fingerprint density at radius 3 is 2.56 bits per heavy atom. The quantitative estimate of drug-likeness (QED) is 0.184. The lowest BCUT2D eigenvalue weighted by atomic mass is 9.88. The van der Waals surface area contributed by atoms with Crippen LogP contribution in [0.5, 0.6) is 0 Å². The third kappa shape index (κ3) is 8.31. The molecule has 0 radical (unpaired) electrons. The van der Waals surface area contributed by atoms with Gasteiger partial charge in [-0.15, -0.1) is 0 Å². The van der Waals surface area contributed by atoms with Crippen LogP contribution in [-0.2, 0) is 4.74 Å². The second-order valence-corrected chi connectivity index (χ2v) is 5.50. The molecule has 0 aromatic carbocycles. The summed E-state index contributed by atoms with van der Waals surface area (Å²) in [5.74, 6) is 0.287. The van der Waals surface area contributed by atoms with Crippen LogP contribution in [0, 0.1) is 5.41 Å². The molecule has 0 saturated heterocycles. The fourth-order valence-corrected chi connectivity index (χ4v) is 1.46. The Morgan fingerprint density at radius 1 is 1.33 bits per heavy atom. The van der Waals surface area contributed by atoms with Gasteiger partial charge in [-0.25, -0.2) is 0 Å². The van der Waals surface area contributed by atoms with Gasteiger partial charge < -0.3 is 21.0 Å². The Labute approximate surface area is 111 Å². The van der Waals surface area contributed by atoms with Gasteiger partial charge >= 0.3 is 0 Å². The molecule has 0 bridgehead atoms. The molecule has 0 fully saturated rings. The fourth-order valence-electron chi connectivity index (χ4n) is 1.46. The maximum absolute atomic E-state index is 8.64. The van der Waals surface area contributed by atoms with E-state index in [1.54, 1.807) is 0 Å². The summed E-state index contributed by atoms with van der Waals surface area (Å²) in [6.45, 7) is 10.7. The number of nitrogens with one attached hydrogen (secondary N) is 1. The van der Waals surface area contributed by atoms with Crippen LogP contribution < -0.4 is 11.1 Å². The third-order valence-electron chi connectivity index (χ3n) is 2.93. The Bertz CT molecular complexity index is 240. The Balaban J connectivity index is 3.46. The lowest BCUT2D eigenvalue weighted by molar-refractivity contribution is 0.0760. The van der Waals surface area contributed by atoms with Crippen LogP contribution in [0.4, 0.5) is 0 Å². The summed E-state index contributed by atoms with van der Waals surface area (Å²) >= 11 is 0. The van der Waals surface area contributed by atoms with E-state index < -0.39 is 0 Å². The number of hydrogen-bond donors (Lipinski definition) is 3. The normalized spacial score (nSPS) is 13.3. The number of ether oxygens (including phenoxy) is 1. The number of hydrogen-bond acceptors (Lipinski definition) is 4. The van der Waals surface area contributed by atoms with Crippen LogP contribution in [0.3, 0.4) is 0 Å². The summed E-state index contributed by atoms with van der Waals surface area (Å²) in [7, 11) is 0. The molecule has 0 atom stereocenters. The first-order valence-corrected chi connectivity index (χ1v) is 6.70. The lowest BCUT2D eigenvalue weighted by Gasteiger charge is -2.22. The number of nitrogens with zero attached hydrogens (tertiary/aromatic N) is 1. The Kier molecular flexibility index (Phi) is 8.75. The molecule has 5 nitrogen and oxygen atoms in total. The maximum Gasteiger partial charge on any atom is 0.144 e. The predicted octanol–water partition coefficient (Wildman–Crippen LogP) is 1.94. The molecule has 0 aliphatic rings. The van der Waals surface area contributed by atoms with Crippen LogP contribution in [0.25, 0.3) is 0 Å². The zero-order chi connectivity index (χ0) is 14.0. The molecule has 18 heavy (non-hydrogen) atoms. The minimum absolute atomic E-state index is 0.261. The van der Waals surface area contributed by atoms with E-state index in [0.717, 1.165) is 39.0 Å². The van der Waals surface area contributed by atoms with Crippen LogP contribution in [0.15, 0.2) is 5.16 Å². The van der Waals surface area contributed by atoms with Gasteiger partial charge in [-0.2, -0.15) is 0 Å². The first kappa shape index (κ1) is 17.2. The average Bonchev–Trinajstić information content (AvgIpc) is 2.30. The molecule has 0 spiro atoms. The molecule has 4 N–H and O–H groups in total. The molecule has 0 rings (SSSR count). The lowest BCUT2D eigenvalue weighted by Crippen LogP contribution is -2.35. The number of amidine groups is 1. The van der Waals surface area contributed by atoms with Crippen LogP contribution in [0.2, 0.25) is 0 Å². The summed E-state index contributed by atoms with van der Waals surface area (Å²) in [6.07, 6.45) is 3.36. The minimum atomic E-state index is -0.261. The maximum atomic E-state index is 8.64. The highest BCUT2D eigenvalue weighted by atomic mass is 16.5. The van der Waals surface area contributed by atoms with Crippen molar-refractivity contribution in [3.63, 3.8) is 0 Å². The van der Waals surface area contributed by atoms with E-state index in [-0.39, 0.29) is 11.3 Å². The van der Waals surface area contributed by atoms with Gasteiger partial charge in [0.05, 0.1) is 6.10 Å². The summed E-state index contributed by atoms with van der Waals surface area (Å²) in [6, 6.07) is 0. The van der Waals surface area contributed by atoms with Crippen LogP contribution in [-0.4, -0.2) is 36.8 Å². The highest BCUT2D eigenvalue weighted by molar-refractivity contribution is 5.85. The molecule has 108 valence electrons. The van der Waals surface area contributed by atoms with Gasteiger partial charge in [0.1, 0.15) is 5.84 Å². The highest BCUT2D eigenvalue weighted by Crippen LogP contribution is 2.19. The Hall–Kier alpha value is -0.810. The van der Waals surface area contributed by atoms with Crippen molar-refractivity contribution < 1.29 is 9.94 Å². The van der Waals surface area contributed by atoms with Gasteiger partial charge in [-0.1, -0.05) is 19.0 Å². The van der Waals surface area contributed by atoms with E-state index in [1.165, 1.54) is 0 Å². The van der Waals surface area contributed by atoms with Gasteiger partial charge in [0.15, 0.2) is 0 Å². The van der Waals surface area contributed by atoms with Crippen molar-refractivity contribution >= 4 is 5.84 Å². The van der Waals surface area contributed by atoms with E-state index in [2.05, 4.69) is 10.5 Å². The number of nitrogens with two attached hydrogens (primary N) is 1. The molecule has 0 unspecified atom stereocenters. The largest absolute Gasteiger partial charge is 0.409 e. The molecule has 0 aliphatic heterocycles. The second-order valence-electron chi connectivity index (χ2n) is 5.50. The van der Waals surface area contributed by atoms with Crippen molar-refractivity contribution in [2.24, 2.45) is 16.3 Å². The van der Waals surface area contributed by atoms with Crippen LogP contribution >= 0.6 is 0 Å². The molecule has 0 heterocycles. The van der Waals surface area contributed by atoms with Crippen molar-refractivity contribution in [3.05, 3.63) is 0 Å². The first-order valence-electron chi connectivity index (χ1n) is 6.70. The minimum Gasteiger partial charge on any atom is -0.409 e. The monoisotopic (exact) mass is 259 g/mol. The zero-order valence-electron chi connectivity index (χ0n) is 12.2. The van der Waals surface area contributed by atoms with Gasteiger partial charge in [0, 0.05) is 12.0 Å². The van der Waals surface area contributed by atoms with E-state index >= 15 is 0 Å².